The Labute approximate surface area is 266 Å². The van der Waals surface area contributed by atoms with Gasteiger partial charge in [-0.2, -0.15) is 0 Å². The highest BCUT2D eigenvalue weighted by Crippen LogP contribution is 2.35. The number of hydrogen-bond donors (Lipinski definition) is 1. The number of nitrogens with one attached hydrogen (secondary N) is 1. The van der Waals surface area contributed by atoms with Crippen LogP contribution in [0.15, 0.2) is 41.2 Å². The van der Waals surface area contributed by atoms with Crippen LogP contribution < -0.4 is 5.56 Å². The molecule has 0 spiro atoms. The van der Waals surface area contributed by atoms with E-state index in [9.17, 15) is 14.4 Å². The van der Waals surface area contributed by atoms with E-state index in [0.717, 1.165) is 0 Å². The topological polar surface area (TPSA) is 124 Å². The fourth-order valence-corrected chi connectivity index (χ4v) is 4.61. The van der Waals surface area contributed by atoms with E-state index in [1.54, 1.807) is 64.1 Å². The van der Waals surface area contributed by atoms with Crippen LogP contribution in [0, 0.1) is 13.8 Å². The molecule has 2 aromatic heterocycles. The largest absolute Gasteiger partial charge is 0.461 e. The van der Waals surface area contributed by atoms with Crippen LogP contribution in [0.4, 0.5) is 0 Å². The Kier molecular flexibility index (Phi) is 11.7. The van der Waals surface area contributed by atoms with E-state index in [4.69, 9.17) is 67.5 Å². The van der Waals surface area contributed by atoms with Crippen LogP contribution in [0.3, 0.4) is 0 Å². The van der Waals surface area contributed by atoms with Crippen molar-refractivity contribution in [3.63, 3.8) is 0 Å². The number of nitrogens with zero attached hydrogens (tertiary/aromatic N) is 3. The molecule has 14 heteroatoms. The number of aromatic nitrogens is 4. The van der Waals surface area contributed by atoms with Crippen LogP contribution in [0.5, 0.6) is 0 Å². The lowest BCUT2D eigenvalue weighted by Crippen LogP contribution is -2.23. The van der Waals surface area contributed by atoms with Crippen molar-refractivity contribution in [3.05, 3.63) is 94.8 Å². The Morgan fingerprint density at radius 1 is 0.738 bits per heavy atom. The normalized spacial score (nSPS) is 10.5. The second-order valence-electron chi connectivity index (χ2n) is 8.33. The molecule has 0 aliphatic carbocycles. The van der Waals surface area contributed by atoms with E-state index in [1.165, 1.54) is 0 Å². The van der Waals surface area contributed by atoms with Crippen molar-refractivity contribution in [3.8, 4) is 22.5 Å². The summed E-state index contributed by atoms with van der Waals surface area (Å²) in [6.07, 6.45) is 0. The fraction of sp³-hybridized carbons (Fsp3) is 0.214. The van der Waals surface area contributed by atoms with Crippen LogP contribution in [0.1, 0.15) is 46.2 Å². The van der Waals surface area contributed by atoms with Crippen LogP contribution in [0.25, 0.3) is 22.5 Å². The summed E-state index contributed by atoms with van der Waals surface area (Å²) in [5.74, 6) is -1.41. The molecular formula is C28H23Cl5N4O5. The Morgan fingerprint density at radius 3 is 1.74 bits per heavy atom. The van der Waals surface area contributed by atoms with Gasteiger partial charge in [0.05, 0.1) is 50.4 Å². The minimum absolute atomic E-state index is 0.00662. The number of hydrogen-bond acceptors (Lipinski definition) is 8. The standard InChI is InChI=1S/C14H11Cl3N2O2.C14H12Cl2N2O3/c1-3-21-14(20)12-13(17)18-7(2)11(19-12)8-5-4-6-9(15)10(8)16;1-3-21-14(20)12-13(19)17-7(2)11(18-12)8-5-4-6-9(15)10(8)16/h4-6H,3H2,1-2H3;4-6H,3H2,1-2H3,(H,17,19). The van der Waals surface area contributed by atoms with Gasteiger partial charge in [0.2, 0.25) is 5.69 Å². The van der Waals surface area contributed by atoms with Gasteiger partial charge >= 0.3 is 11.9 Å². The minimum Gasteiger partial charge on any atom is -0.461 e. The molecule has 0 amide bonds. The highest BCUT2D eigenvalue weighted by Gasteiger charge is 2.21. The molecule has 0 fully saturated rings. The van der Waals surface area contributed by atoms with Crippen molar-refractivity contribution in [1.82, 2.24) is 19.9 Å². The molecule has 1 N–H and O–H groups in total. The van der Waals surface area contributed by atoms with Crippen LogP contribution in [-0.4, -0.2) is 45.1 Å². The first-order chi connectivity index (χ1) is 19.9. The Morgan fingerprint density at radius 2 is 1.21 bits per heavy atom. The summed E-state index contributed by atoms with van der Waals surface area (Å²) < 4.78 is 9.72. The Bertz CT molecular complexity index is 1710. The highest BCUT2D eigenvalue weighted by atomic mass is 35.5. The van der Waals surface area contributed by atoms with Crippen molar-refractivity contribution in [2.45, 2.75) is 27.7 Å². The maximum Gasteiger partial charge on any atom is 0.362 e. The first-order valence-corrected chi connectivity index (χ1v) is 14.2. The molecule has 0 atom stereocenters. The second kappa shape index (κ2) is 14.8. The summed E-state index contributed by atoms with van der Waals surface area (Å²) in [5, 5.41) is 1.39. The zero-order chi connectivity index (χ0) is 31.1. The maximum absolute atomic E-state index is 11.8. The summed E-state index contributed by atoms with van der Waals surface area (Å²) in [4.78, 5) is 50.5. The van der Waals surface area contributed by atoms with Gasteiger partial charge in [-0.05, 0) is 39.8 Å². The molecular weight excluding hydrogens is 650 g/mol. The summed E-state index contributed by atoms with van der Waals surface area (Å²) >= 11 is 30.3. The Balaban J connectivity index is 0.000000230. The molecule has 2 aromatic carbocycles. The SMILES string of the molecule is CCOC(=O)c1nc(-c2cccc(Cl)c2Cl)c(C)[nH]c1=O.CCOC(=O)c1nc(-c2cccc(Cl)c2Cl)c(C)nc1Cl. The molecule has 2 heterocycles. The number of aryl methyl sites for hydroxylation is 2. The van der Waals surface area contributed by atoms with E-state index in [-0.39, 0.29) is 29.8 Å². The van der Waals surface area contributed by atoms with Gasteiger partial charge in [0, 0.05) is 16.8 Å². The lowest BCUT2D eigenvalue weighted by Gasteiger charge is -2.10. The van der Waals surface area contributed by atoms with Crippen LogP contribution in [-0.2, 0) is 9.47 Å². The summed E-state index contributed by atoms with van der Waals surface area (Å²) in [6, 6.07) is 10.2. The number of carbonyl (C=O) groups is 2. The maximum atomic E-state index is 11.8. The van der Waals surface area contributed by atoms with Crippen molar-refractivity contribution >= 4 is 69.9 Å². The van der Waals surface area contributed by atoms with Gasteiger partial charge in [0.25, 0.3) is 5.56 Å². The number of esters is 2. The summed E-state index contributed by atoms with van der Waals surface area (Å²) in [6.45, 7) is 7.10. The van der Waals surface area contributed by atoms with E-state index in [2.05, 4.69) is 19.9 Å². The third kappa shape index (κ3) is 7.59. The van der Waals surface area contributed by atoms with Crippen molar-refractivity contribution < 1.29 is 19.1 Å². The highest BCUT2D eigenvalue weighted by molar-refractivity contribution is 6.44. The van der Waals surface area contributed by atoms with Crippen molar-refractivity contribution in [2.24, 2.45) is 0 Å². The zero-order valence-corrected chi connectivity index (χ0v) is 26.4. The average molecular weight is 673 g/mol. The number of H-pyrrole nitrogens is 1. The van der Waals surface area contributed by atoms with Gasteiger partial charge in [-0.15, -0.1) is 0 Å². The van der Waals surface area contributed by atoms with Crippen LogP contribution >= 0.6 is 58.0 Å². The average Bonchev–Trinajstić information content (AvgIpc) is 2.93. The van der Waals surface area contributed by atoms with Crippen molar-refractivity contribution in [2.75, 3.05) is 13.2 Å². The monoisotopic (exact) mass is 670 g/mol. The molecule has 0 saturated carbocycles. The van der Waals surface area contributed by atoms with E-state index < -0.39 is 17.5 Å². The zero-order valence-electron chi connectivity index (χ0n) is 22.7. The lowest BCUT2D eigenvalue weighted by molar-refractivity contribution is 0.0508. The summed E-state index contributed by atoms with van der Waals surface area (Å²) in [7, 11) is 0. The van der Waals surface area contributed by atoms with Gasteiger partial charge in [-0.25, -0.2) is 24.5 Å². The first-order valence-electron chi connectivity index (χ1n) is 12.3. The molecule has 0 saturated heterocycles. The van der Waals surface area contributed by atoms with E-state index in [0.29, 0.717) is 54.0 Å². The molecule has 4 aromatic rings. The van der Waals surface area contributed by atoms with Gasteiger partial charge < -0.3 is 14.5 Å². The summed E-state index contributed by atoms with van der Waals surface area (Å²) in [5.41, 5.74) is 1.99. The first kappa shape index (κ1) is 33.3. The van der Waals surface area contributed by atoms with E-state index in [1.807, 2.05) is 0 Å². The molecule has 4 rings (SSSR count). The smallest absolute Gasteiger partial charge is 0.362 e. The molecule has 220 valence electrons. The third-order valence-corrected chi connectivity index (χ3v) is 7.37. The molecule has 42 heavy (non-hydrogen) atoms. The lowest BCUT2D eigenvalue weighted by atomic mass is 10.1. The molecule has 0 aliphatic rings. The van der Waals surface area contributed by atoms with Gasteiger partial charge in [0.1, 0.15) is 0 Å². The number of benzene rings is 2. The number of ether oxygens (including phenoxy) is 2. The third-order valence-electron chi connectivity index (χ3n) is 5.47. The second-order valence-corrected chi connectivity index (χ2v) is 10.3. The number of halogens is 5. The Hall–Kier alpha value is -3.21. The van der Waals surface area contributed by atoms with Crippen molar-refractivity contribution in [1.29, 1.82) is 0 Å². The van der Waals surface area contributed by atoms with Gasteiger partial charge in [-0.1, -0.05) is 82.3 Å². The van der Waals surface area contributed by atoms with Gasteiger partial charge in [0.15, 0.2) is 10.8 Å². The fourth-order valence-electron chi connectivity index (χ4n) is 3.58. The van der Waals surface area contributed by atoms with E-state index >= 15 is 0 Å². The predicted molar refractivity (Wildman–Crippen MR) is 164 cm³/mol. The minimum atomic E-state index is -0.779. The molecule has 0 aliphatic heterocycles. The number of aromatic amines is 1. The van der Waals surface area contributed by atoms with Gasteiger partial charge in [-0.3, -0.25) is 4.79 Å². The molecule has 0 radical (unpaired) electrons. The number of carbonyl (C=O) groups excluding carboxylic acids is 2. The quantitative estimate of drug-likeness (QED) is 0.206. The molecule has 0 bridgehead atoms. The molecule has 9 nitrogen and oxygen atoms in total. The molecule has 0 unspecified atom stereocenters. The number of rotatable bonds is 6. The van der Waals surface area contributed by atoms with Crippen LogP contribution in [0.2, 0.25) is 25.2 Å². The predicted octanol–water partition coefficient (Wildman–Crippen LogP) is 7.82.